The molecule has 0 amide bonds. The molecule has 0 aliphatic carbocycles. The van der Waals surface area contributed by atoms with Crippen LogP contribution >= 0.6 is 0 Å². The summed E-state index contributed by atoms with van der Waals surface area (Å²) in [7, 11) is 0. The molecule has 0 N–H and O–H groups in total. The highest BCUT2D eigenvalue weighted by Gasteiger charge is 1.92. The molecule has 0 nitrogen and oxygen atoms in total. The first-order valence-corrected chi connectivity index (χ1v) is 7.35. The van der Waals surface area contributed by atoms with E-state index in [0.717, 1.165) is 6.42 Å². The van der Waals surface area contributed by atoms with Gasteiger partial charge in [-0.2, -0.15) is 0 Å². The van der Waals surface area contributed by atoms with Crippen LogP contribution in [-0.4, -0.2) is 0 Å². The first-order chi connectivity index (χ1) is 8.41. The standard InChI is InChI=1S/C17H28/c1-3-5-7-9-11-13-15-17-16-14-12-10-8-6-4-2/h1H,4,6,8-17H2,2H3. The molecule has 17 heavy (non-hydrogen) atoms. The smallest absolute Gasteiger partial charge is 0.00989 e. The van der Waals surface area contributed by atoms with E-state index in [1.54, 1.807) is 0 Å². The van der Waals surface area contributed by atoms with E-state index < -0.39 is 0 Å². The molecule has 0 aromatic carbocycles. The van der Waals surface area contributed by atoms with Gasteiger partial charge in [0.2, 0.25) is 0 Å². The molecule has 0 saturated heterocycles. The average Bonchev–Trinajstić information content (AvgIpc) is 2.35. The van der Waals surface area contributed by atoms with Crippen LogP contribution in [0.5, 0.6) is 0 Å². The lowest BCUT2D eigenvalue weighted by Crippen LogP contribution is -1.82. The molecule has 0 aliphatic heterocycles. The maximum Gasteiger partial charge on any atom is 0.00989 e. The van der Waals surface area contributed by atoms with Crippen LogP contribution in [-0.2, 0) is 0 Å². The second kappa shape index (κ2) is 15.1. The van der Waals surface area contributed by atoms with Crippen LogP contribution in [0, 0.1) is 24.2 Å². The maximum absolute atomic E-state index is 5.04. The molecular weight excluding hydrogens is 204 g/mol. The summed E-state index contributed by atoms with van der Waals surface area (Å²) < 4.78 is 0. The van der Waals surface area contributed by atoms with Gasteiger partial charge in [0.15, 0.2) is 0 Å². The zero-order valence-corrected chi connectivity index (χ0v) is 11.6. The van der Waals surface area contributed by atoms with Gasteiger partial charge in [-0.05, 0) is 18.3 Å². The van der Waals surface area contributed by atoms with Gasteiger partial charge in [0.05, 0.1) is 0 Å². The molecule has 0 aliphatic rings. The Morgan fingerprint density at radius 1 is 0.706 bits per heavy atom. The molecule has 0 aromatic heterocycles. The van der Waals surface area contributed by atoms with Crippen molar-refractivity contribution in [3.63, 3.8) is 0 Å². The van der Waals surface area contributed by atoms with Crippen molar-refractivity contribution in [2.45, 2.75) is 84.0 Å². The van der Waals surface area contributed by atoms with E-state index in [-0.39, 0.29) is 0 Å². The Kier molecular flexibility index (Phi) is 14.3. The summed E-state index contributed by atoms with van der Waals surface area (Å²) in [5.41, 5.74) is 0. The first kappa shape index (κ1) is 16.1. The largest absolute Gasteiger partial charge is 0.106 e. The summed E-state index contributed by atoms with van der Waals surface area (Å²) in [5.74, 6) is 7.99. The van der Waals surface area contributed by atoms with Gasteiger partial charge >= 0.3 is 0 Å². The molecule has 0 fully saturated rings. The quantitative estimate of drug-likeness (QED) is 0.334. The van der Waals surface area contributed by atoms with E-state index in [1.807, 2.05) is 0 Å². The highest BCUT2D eigenvalue weighted by molar-refractivity contribution is 5.21. The van der Waals surface area contributed by atoms with Crippen LogP contribution in [0.1, 0.15) is 84.0 Å². The van der Waals surface area contributed by atoms with Crippen molar-refractivity contribution in [3.05, 3.63) is 0 Å². The minimum absolute atomic E-state index is 0.973. The van der Waals surface area contributed by atoms with Gasteiger partial charge in [-0.25, -0.2) is 0 Å². The molecule has 0 aromatic rings. The highest BCUT2D eigenvalue weighted by Crippen LogP contribution is 2.11. The predicted molar refractivity (Wildman–Crippen MR) is 77.7 cm³/mol. The van der Waals surface area contributed by atoms with Crippen LogP contribution in [0.25, 0.3) is 0 Å². The minimum Gasteiger partial charge on any atom is -0.106 e. The lowest BCUT2D eigenvalue weighted by Gasteiger charge is -2.01. The van der Waals surface area contributed by atoms with Crippen LogP contribution in [0.15, 0.2) is 0 Å². The summed E-state index contributed by atoms with van der Waals surface area (Å²) in [6.45, 7) is 2.27. The van der Waals surface area contributed by atoms with Gasteiger partial charge in [0.1, 0.15) is 0 Å². The maximum atomic E-state index is 5.04. The fourth-order valence-corrected chi connectivity index (χ4v) is 1.99. The van der Waals surface area contributed by atoms with Gasteiger partial charge < -0.3 is 0 Å². The fraction of sp³-hybridized carbons (Fsp3) is 0.765. The van der Waals surface area contributed by atoms with Gasteiger partial charge in [-0.15, -0.1) is 6.42 Å². The van der Waals surface area contributed by atoms with Gasteiger partial charge in [0.25, 0.3) is 0 Å². The molecule has 96 valence electrons. The second-order valence-corrected chi connectivity index (χ2v) is 4.73. The van der Waals surface area contributed by atoms with Crippen molar-refractivity contribution in [1.82, 2.24) is 0 Å². The average molecular weight is 232 g/mol. The summed E-state index contributed by atoms with van der Waals surface area (Å²) in [6, 6.07) is 0. The Balaban J connectivity index is 2.97. The molecular formula is C17H28. The van der Waals surface area contributed by atoms with Gasteiger partial charge in [-0.3, -0.25) is 0 Å². The van der Waals surface area contributed by atoms with Crippen LogP contribution in [0.4, 0.5) is 0 Å². The Bertz CT molecular complexity index is 233. The lowest BCUT2D eigenvalue weighted by atomic mass is 10.1. The van der Waals surface area contributed by atoms with E-state index in [0.29, 0.717) is 0 Å². The Hall–Kier alpha value is -0.880. The van der Waals surface area contributed by atoms with Crippen LogP contribution in [0.3, 0.4) is 0 Å². The third kappa shape index (κ3) is 15.1. The van der Waals surface area contributed by atoms with Crippen molar-refractivity contribution < 1.29 is 0 Å². The molecule has 0 radical (unpaired) electrons. The molecule has 0 heterocycles. The fourth-order valence-electron chi connectivity index (χ4n) is 1.99. The molecule has 0 atom stereocenters. The van der Waals surface area contributed by atoms with E-state index >= 15 is 0 Å². The summed E-state index contributed by atoms with van der Waals surface area (Å²) in [5, 5.41) is 0. The van der Waals surface area contributed by atoms with Gasteiger partial charge in [0, 0.05) is 6.42 Å². The molecule has 0 bridgehead atoms. The van der Waals surface area contributed by atoms with Crippen molar-refractivity contribution in [1.29, 1.82) is 0 Å². The summed E-state index contributed by atoms with van der Waals surface area (Å²) in [6.07, 6.45) is 21.2. The Morgan fingerprint density at radius 2 is 1.18 bits per heavy atom. The monoisotopic (exact) mass is 232 g/mol. The van der Waals surface area contributed by atoms with Crippen molar-refractivity contribution >= 4 is 0 Å². The van der Waals surface area contributed by atoms with Crippen molar-refractivity contribution in [2.75, 3.05) is 0 Å². The van der Waals surface area contributed by atoms with Crippen molar-refractivity contribution in [3.8, 4) is 24.2 Å². The molecule has 0 heteroatoms. The molecule has 0 unspecified atom stereocenters. The third-order valence-corrected chi connectivity index (χ3v) is 3.07. The Morgan fingerprint density at radius 3 is 1.65 bits per heavy atom. The highest BCUT2D eigenvalue weighted by atomic mass is 14.0. The second-order valence-electron chi connectivity index (χ2n) is 4.73. The number of unbranched alkanes of at least 4 members (excludes halogenated alkanes) is 11. The zero-order chi connectivity index (χ0) is 12.6. The summed E-state index contributed by atoms with van der Waals surface area (Å²) in [4.78, 5) is 0. The third-order valence-electron chi connectivity index (χ3n) is 3.07. The van der Waals surface area contributed by atoms with Crippen LogP contribution in [0.2, 0.25) is 0 Å². The molecule has 0 rings (SSSR count). The number of hydrogen-bond acceptors (Lipinski definition) is 0. The number of terminal acetylenes is 1. The number of rotatable bonds is 11. The van der Waals surface area contributed by atoms with E-state index in [1.165, 1.54) is 70.6 Å². The van der Waals surface area contributed by atoms with Gasteiger partial charge in [-0.1, -0.05) is 77.1 Å². The Labute approximate surface area is 109 Å². The zero-order valence-electron chi connectivity index (χ0n) is 11.6. The lowest BCUT2D eigenvalue weighted by molar-refractivity contribution is 0.551. The first-order valence-electron chi connectivity index (χ1n) is 7.35. The van der Waals surface area contributed by atoms with Crippen molar-refractivity contribution in [2.24, 2.45) is 0 Å². The van der Waals surface area contributed by atoms with Crippen LogP contribution < -0.4 is 0 Å². The topological polar surface area (TPSA) is 0 Å². The minimum atomic E-state index is 0.973. The van der Waals surface area contributed by atoms with E-state index in [9.17, 15) is 0 Å². The normalized spacial score (nSPS) is 9.41. The summed E-state index contributed by atoms with van der Waals surface area (Å²) >= 11 is 0. The number of hydrogen-bond donors (Lipinski definition) is 0. The SMILES string of the molecule is C#CC#CCCCCCCCCCCCCC. The predicted octanol–water partition coefficient (Wildman–Crippen LogP) is 5.32. The molecule has 0 spiro atoms. The molecule has 0 saturated carbocycles. The van der Waals surface area contributed by atoms with E-state index in [2.05, 4.69) is 24.7 Å². The van der Waals surface area contributed by atoms with E-state index in [4.69, 9.17) is 6.42 Å².